The highest BCUT2D eigenvalue weighted by molar-refractivity contribution is 7.98. The van der Waals surface area contributed by atoms with Crippen LogP contribution in [0, 0.1) is 0 Å². The zero-order valence-corrected chi connectivity index (χ0v) is 11.6. The van der Waals surface area contributed by atoms with Crippen molar-refractivity contribution in [3.8, 4) is 0 Å². The third kappa shape index (κ3) is 4.68. The van der Waals surface area contributed by atoms with Gasteiger partial charge in [0, 0.05) is 24.4 Å². The number of rotatable bonds is 6. The van der Waals surface area contributed by atoms with E-state index in [1.807, 2.05) is 18.4 Å². The van der Waals surface area contributed by atoms with Gasteiger partial charge in [-0.3, -0.25) is 4.79 Å². The minimum Gasteiger partial charge on any atom is -0.387 e. The maximum absolute atomic E-state index is 11.8. The van der Waals surface area contributed by atoms with Gasteiger partial charge in [0.2, 0.25) is 0 Å². The van der Waals surface area contributed by atoms with Crippen molar-refractivity contribution >= 4 is 17.7 Å². The summed E-state index contributed by atoms with van der Waals surface area (Å²) >= 11 is 1.55. The Hall–Kier alpha value is -1.04. The van der Waals surface area contributed by atoms with Crippen LogP contribution in [0.2, 0.25) is 0 Å². The van der Waals surface area contributed by atoms with E-state index >= 15 is 0 Å². The van der Waals surface area contributed by atoms with Crippen molar-refractivity contribution in [1.82, 2.24) is 5.32 Å². The maximum atomic E-state index is 11.8. The highest BCUT2D eigenvalue weighted by Crippen LogP contribution is 2.10. The Labute approximate surface area is 112 Å². The number of nitrogens with two attached hydrogens (primary N) is 1. The molecule has 5 heteroatoms. The fourth-order valence-electron chi connectivity index (χ4n) is 1.53. The Morgan fingerprint density at radius 2 is 2.06 bits per heavy atom. The predicted molar refractivity (Wildman–Crippen MR) is 75.7 cm³/mol. The van der Waals surface area contributed by atoms with E-state index in [4.69, 9.17) is 5.73 Å². The molecule has 18 heavy (non-hydrogen) atoms. The van der Waals surface area contributed by atoms with Gasteiger partial charge in [-0.2, -0.15) is 11.8 Å². The van der Waals surface area contributed by atoms with Crippen molar-refractivity contribution in [2.75, 3.05) is 18.6 Å². The summed E-state index contributed by atoms with van der Waals surface area (Å²) in [6.07, 6.45) is 1.92. The Bertz CT molecular complexity index is 390. The highest BCUT2D eigenvalue weighted by Gasteiger charge is 2.20. The minimum atomic E-state index is -0.883. The Morgan fingerprint density at radius 1 is 1.44 bits per heavy atom. The SMILES string of the molecule is CSCC(C)(O)CNC(=O)c1ccc(CN)cc1. The lowest BCUT2D eigenvalue weighted by atomic mass is 10.1. The number of aliphatic hydroxyl groups is 1. The Balaban J connectivity index is 2.54. The van der Waals surface area contributed by atoms with Gasteiger partial charge in [0.05, 0.1) is 5.60 Å². The first kappa shape index (κ1) is 15.0. The number of amides is 1. The van der Waals surface area contributed by atoms with Crippen molar-refractivity contribution in [2.24, 2.45) is 5.73 Å². The minimum absolute atomic E-state index is 0.181. The summed E-state index contributed by atoms with van der Waals surface area (Å²) in [4.78, 5) is 11.8. The molecule has 0 aliphatic carbocycles. The molecule has 0 saturated carbocycles. The molecule has 1 aromatic carbocycles. The molecule has 1 rings (SSSR count). The number of carbonyl (C=O) groups is 1. The molecule has 0 aromatic heterocycles. The van der Waals surface area contributed by atoms with Crippen LogP contribution in [0.3, 0.4) is 0 Å². The van der Waals surface area contributed by atoms with Gasteiger partial charge in [-0.15, -0.1) is 0 Å². The number of carbonyl (C=O) groups excluding carboxylic acids is 1. The first-order chi connectivity index (χ1) is 8.48. The van der Waals surface area contributed by atoms with E-state index in [1.165, 1.54) is 0 Å². The van der Waals surface area contributed by atoms with E-state index < -0.39 is 5.60 Å². The predicted octanol–water partition coefficient (Wildman–Crippen LogP) is 0.989. The zero-order chi connectivity index (χ0) is 13.6. The van der Waals surface area contributed by atoms with Crippen molar-refractivity contribution < 1.29 is 9.90 Å². The first-order valence-electron chi connectivity index (χ1n) is 5.77. The second kappa shape index (κ2) is 6.78. The van der Waals surface area contributed by atoms with E-state index in [-0.39, 0.29) is 12.5 Å². The van der Waals surface area contributed by atoms with Gasteiger partial charge in [0.25, 0.3) is 5.91 Å². The van der Waals surface area contributed by atoms with E-state index in [2.05, 4.69) is 5.32 Å². The summed E-state index contributed by atoms with van der Waals surface area (Å²) < 4.78 is 0. The van der Waals surface area contributed by atoms with Crippen molar-refractivity contribution in [3.05, 3.63) is 35.4 Å². The molecular weight excluding hydrogens is 248 g/mol. The van der Waals surface area contributed by atoms with Gasteiger partial charge in [0.15, 0.2) is 0 Å². The number of thioether (sulfide) groups is 1. The van der Waals surface area contributed by atoms with Crippen LogP contribution in [0.15, 0.2) is 24.3 Å². The monoisotopic (exact) mass is 268 g/mol. The van der Waals surface area contributed by atoms with Gasteiger partial charge < -0.3 is 16.2 Å². The normalized spacial score (nSPS) is 14.0. The van der Waals surface area contributed by atoms with Gasteiger partial charge in [-0.1, -0.05) is 12.1 Å². The number of nitrogens with one attached hydrogen (secondary N) is 1. The molecule has 0 saturated heterocycles. The third-order valence-electron chi connectivity index (χ3n) is 2.54. The number of hydrogen-bond acceptors (Lipinski definition) is 4. The van der Waals surface area contributed by atoms with Gasteiger partial charge in [0.1, 0.15) is 0 Å². The van der Waals surface area contributed by atoms with Crippen LogP contribution >= 0.6 is 11.8 Å². The lowest BCUT2D eigenvalue weighted by Gasteiger charge is -2.22. The molecule has 1 unspecified atom stereocenters. The number of hydrogen-bond donors (Lipinski definition) is 3. The highest BCUT2D eigenvalue weighted by atomic mass is 32.2. The van der Waals surface area contributed by atoms with E-state index in [0.717, 1.165) is 5.56 Å². The summed E-state index contributed by atoms with van der Waals surface area (Å²) in [6.45, 7) is 2.41. The summed E-state index contributed by atoms with van der Waals surface area (Å²) in [5, 5.41) is 12.7. The van der Waals surface area contributed by atoms with Crippen LogP contribution in [0.25, 0.3) is 0 Å². The molecule has 4 N–H and O–H groups in total. The van der Waals surface area contributed by atoms with Gasteiger partial charge in [-0.25, -0.2) is 0 Å². The summed E-state index contributed by atoms with van der Waals surface area (Å²) in [5.41, 5.74) is 6.17. The summed E-state index contributed by atoms with van der Waals surface area (Å²) in [6, 6.07) is 7.13. The van der Waals surface area contributed by atoms with E-state index in [0.29, 0.717) is 17.9 Å². The molecule has 0 radical (unpaired) electrons. The van der Waals surface area contributed by atoms with Crippen LogP contribution in [-0.4, -0.2) is 35.2 Å². The van der Waals surface area contributed by atoms with Crippen LogP contribution in [0.4, 0.5) is 0 Å². The summed E-state index contributed by atoms with van der Waals surface area (Å²) in [5.74, 6) is 0.402. The van der Waals surface area contributed by atoms with Crippen LogP contribution in [0.5, 0.6) is 0 Å². The summed E-state index contributed by atoms with van der Waals surface area (Å²) in [7, 11) is 0. The smallest absolute Gasteiger partial charge is 0.251 e. The molecule has 0 heterocycles. The lowest BCUT2D eigenvalue weighted by molar-refractivity contribution is 0.0725. The average Bonchev–Trinajstić information content (AvgIpc) is 2.36. The molecule has 1 aromatic rings. The zero-order valence-electron chi connectivity index (χ0n) is 10.8. The van der Waals surface area contributed by atoms with E-state index in [9.17, 15) is 9.90 Å². The number of benzene rings is 1. The molecule has 0 bridgehead atoms. The fraction of sp³-hybridized carbons (Fsp3) is 0.462. The molecule has 1 atom stereocenters. The van der Waals surface area contributed by atoms with Crippen LogP contribution in [0.1, 0.15) is 22.8 Å². The standard InChI is InChI=1S/C13H20N2O2S/c1-13(17,9-18-2)8-15-12(16)11-5-3-10(7-14)4-6-11/h3-6,17H,7-9,14H2,1-2H3,(H,15,16). The Morgan fingerprint density at radius 3 is 2.56 bits per heavy atom. The molecule has 1 amide bonds. The first-order valence-corrected chi connectivity index (χ1v) is 7.16. The van der Waals surface area contributed by atoms with Crippen molar-refractivity contribution in [2.45, 2.75) is 19.1 Å². The van der Waals surface area contributed by atoms with Crippen molar-refractivity contribution in [3.63, 3.8) is 0 Å². The van der Waals surface area contributed by atoms with Crippen molar-refractivity contribution in [1.29, 1.82) is 0 Å². The molecule has 0 fully saturated rings. The molecule has 0 aliphatic rings. The van der Waals surface area contributed by atoms with Gasteiger partial charge >= 0.3 is 0 Å². The molecule has 100 valence electrons. The lowest BCUT2D eigenvalue weighted by Crippen LogP contribution is -2.42. The molecular formula is C13H20N2O2S. The van der Waals surface area contributed by atoms with Gasteiger partial charge in [-0.05, 0) is 30.9 Å². The maximum Gasteiger partial charge on any atom is 0.251 e. The average molecular weight is 268 g/mol. The third-order valence-corrected chi connectivity index (χ3v) is 3.45. The second-order valence-corrected chi connectivity index (χ2v) is 5.38. The van der Waals surface area contributed by atoms with E-state index in [1.54, 1.807) is 30.8 Å². The molecule has 0 spiro atoms. The topological polar surface area (TPSA) is 75.3 Å². The Kier molecular flexibility index (Phi) is 5.65. The fourth-order valence-corrected chi connectivity index (χ4v) is 2.25. The van der Waals surface area contributed by atoms with Crippen LogP contribution < -0.4 is 11.1 Å². The second-order valence-electron chi connectivity index (χ2n) is 4.51. The van der Waals surface area contributed by atoms with Crippen LogP contribution in [-0.2, 0) is 6.54 Å². The molecule has 0 aliphatic heterocycles. The quantitative estimate of drug-likeness (QED) is 0.719. The molecule has 4 nitrogen and oxygen atoms in total. The largest absolute Gasteiger partial charge is 0.387 e.